The molecular formula is C23H29Cl3N2O5S. The predicted molar refractivity (Wildman–Crippen MR) is 135 cm³/mol. The minimum absolute atomic E-state index is 0.00528. The fourth-order valence-electron chi connectivity index (χ4n) is 3.42. The number of aromatic hydroxyl groups is 1. The fourth-order valence-corrected chi connectivity index (χ4v) is 5.85. The van der Waals surface area contributed by atoms with Gasteiger partial charge in [-0.25, -0.2) is 13.2 Å². The van der Waals surface area contributed by atoms with Crippen LogP contribution in [0.2, 0.25) is 10.0 Å². The van der Waals surface area contributed by atoms with E-state index >= 15 is 0 Å². The SMILES string of the molecule is CC(C)CN(Cc1cccc(CN(CC(C)CCl)C(=O)O)c1)S(=O)(=O)c1cc(Cl)cc(Cl)c1O. The van der Waals surface area contributed by atoms with Gasteiger partial charge in [-0.05, 0) is 35.1 Å². The Kier molecular flexibility index (Phi) is 10.3. The highest BCUT2D eigenvalue weighted by atomic mass is 35.5. The van der Waals surface area contributed by atoms with Crippen molar-refractivity contribution < 1.29 is 23.4 Å². The first-order chi connectivity index (χ1) is 15.8. The summed E-state index contributed by atoms with van der Waals surface area (Å²) in [5, 5.41) is 19.8. The Balaban J connectivity index is 2.37. The van der Waals surface area contributed by atoms with Crippen LogP contribution < -0.4 is 0 Å². The molecule has 0 aliphatic rings. The lowest BCUT2D eigenvalue weighted by molar-refractivity contribution is 0.136. The van der Waals surface area contributed by atoms with Gasteiger partial charge in [0.1, 0.15) is 4.90 Å². The lowest BCUT2D eigenvalue weighted by atomic mass is 10.1. The van der Waals surface area contributed by atoms with Crippen molar-refractivity contribution in [3.63, 3.8) is 0 Å². The summed E-state index contributed by atoms with van der Waals surface area (Å²) in [6.45, 7) is 6.26. The van der Waals surface area contributed by atoms with Crippen LogP contribution in [0.15, 0.2) is 41.3 Å². The number of benzene rings is 2. The van der Waals surface area contributed by atoms with Crippen LogP contribution in [0.1, 0.15) is 31.9 Å². The van der Waals surface area contributed by atoms with Crippen molar-refractivity contribution in [2.24, 2.45) is 11.8 Å². The molecule has 0 bridgehead atoms. The standard InChI is InChI=1S/C23H29Cl3N2O5S/c1-15(2)11-28(34(32,33)21-9-19(25)8-20(26)22(21)29)14-18-6-4-5-17(7-18)13-27(23(30)31)12-16(3)10-24/h4-9,15-16,29H,10-14H2,1-3H3,(H,30,31). The first kappa shape index (κ1) is 28.5. The molecule has 0 fully saturated rings. The molecule has 0 saturated carbocycles. The van der Waals surface area contributed by atoms with E-state index in [4.69, 9.17) is 34.8 Å². The van der Waals surface area contributed by atoms with E-state index in [1.54, 1.807) is 24.3 Å². The maximum atomic E-state index is 13.5. The molecule has 1 amide bonds. The van der Waals surface area contributed by atoms with Crippen LogP contribution in [0.3, 0.4) is 0 Å². The van der Waals surface area contributed by atoms with Gasteiger partial charge in [-0.3, -0.25) is 0 Å². The number of alkyl halides is 1. The third-order valence-corrected chi connectivity index (χ3v) is 7.83. The lowest BCUT2D eigenvalue weighted by Gasteiger charge is -2.25. The number of hydrogen-bond acceptors (Lipinski definition) is 4. The van der Waals surface area contributed by atoms with Crippen molar-refractivity contribution in [2.45, 2.75) is 38.8 Å². The summed E-state index contributed by atoms with van der Waals surface area (Å²) in [5.74, 6) is -0.232. The van der Waals surface area contributed by atoms with Gasteiger partial charge in [0, 0.05) is 37.1 Å². The van der Waals surface area contributed by atoms with Gasteiger partial charge in [0.2, 0.25) is 10.0 Å². The summed E-state index contributed by atoms with van der Waals surface area (Å²) in [6, 6.07) is 9.52. The van der Waals surface area contributed by atoms with Gasteiger partial charge in [0.15, 0.2) is 5.75 Å². The summed E-state index contributed by atoms with van der Waals surface area (Å²) in [5.41, 5.74) is 1.39. The fraction of sp³-hybridized carbons (Fsp3) is 0.435. The Bertz CT molecular complexity index is 1110. The molecule has 0 spiro atoms. The zero-order chi connectivity index (χ0) is 25.6. The van der Waals surface area contributed by atoms with Gasteiger partial charge >= 0.3 is 6.09 Å². The topological polar surface area (TPSA) is 98.2 Å². The van der Waals surface area contributed by atoms with Gasteiger partial charge in [-0.1, -0.05) is 68.2 Å². The second-order valence-electron chi connectivity index (χ2n) is 8.67. The Morgan fingerprint density at radius 2 is 1.65 bits per heavy atom. The third kappa shape index (κ3) is 7.65. The molecule has 0 radical (unpaired) electrons. The van der Waals surface area contributed by atoms with E-state index < -0.39 is 21.9 Å². The monoisotopic (exact) mass is 550 g/mol. The van der Waals surface area contributed by atoms with E-state index in [-0.39, 0.29) is 53.0 Å². The van der Waals surface area contributed by atoms with Crippen LogP contribution in [0.4, 0.5) is 4.79 Å². The minimum Gasteiger partial charge on any atom is -0.505 e. The number of hydrogen-bond donors (Lipinski definition) is 2. The van der Waals surface area contributed by atoms with Gasteiger partial charge in [-0.2, -0.15) is 4.31 Å². The van der Waals surface area contributed by atoms with Gasteiger partial charge in [-0.15, -0.1) is 11.6 Å². The first-order valence-corrected chi connectivity index (χ1v) is 13.4. The summed E-state index contributed by atoms with van der Waals surface area (Å²) in [4.78, 5) is 12.6. The Morgan fingerprint density at radius 1 is 1.03 bits per heavy atom. The minimum atomic E-state index is -4.14. The van der Waals surface area contributed by atoms with Gasteiger partial charge in [0.25, 0.3) is 0 Å². The number of nitrogens with zero attached hydrogens (tertiary/aromatic N) is 2. The number of halogens is 3. The summed E-state index contributed by atoms with van der Waals surface area (Å²) < 4.78 is 28.2. The molecule has 0 saturated heterocycles. The maximum Gasteiger partial charge on any atom is 0.407 e. The van der Waals surface area contributed by atoms with E-state index in [0.717, 1.165) is 5.56 Å². The quantitative estimate of drug-likeness (QED) is 0.339. The highest BCUT2D eigenvalue weighted by Gasteiger charge is 2.30. The van der Waals surface area contributed by atoms with Crippen molar-refractivity contribution in [1.82, 2.24) is 9.21 Å². The second-order valence-corrected chi connectivity index (χ2v) is 11.7. The molecule has 7 nitrogen and oxygen atoms in total. The number of carbonyl (C=O) groups is 1. The van der Waals surface area contributed by atoms with Crippen LogP contribution >= 0.6 is 34.8 Å². The van der Waals surface area contributed by atoms with Gasteiger partial charge in [0.05, 0.1) is 5.02 Å². The van der Waals surface area contributed by atoms with Crippen LogP contribution in [0, 0.1) is 11.8 Å². The number of sulfonamides is 1. The van der Waals surface area contributed by atoms with Crippen molar-refractivity contribution >= 4 is 50.9 Å². The summed E-state index contributed by atoms with van der Waals surface area (Å²) >= 11 is 17.8. The number of amides is 1. The number of phenols is 1. The number of phenolic OH excluding ortho intramolecular Hbond substituents is 1. The van der Waals surface area contributed by atoms with E-state index in [1.165, 1.54) is 21.3 Å². The average molecular weight is 552 g/mol. The predicted octanol–water partition coefficient (Wildman–Crippen LogP) is 5.90. The number of rotatable bonds is 11. The molecule has 34 heavy (non-hydrogen) atoms. The molecule has 2 N–H and O–H groups in total. The van der Waals surface area contributed by atoms with Crippen LogP contribution in [0.25, 0.3) is 0 Å². The van der Waals surface area contributed by atoms with E-state index in [2.05, 4.69) is 0 Å². The highest BCUT2D eigenvalue weighted by Crippen LogP contribution is 2.36. The lowest BCUT2D eigenvalue weighted by Crippen LogP contribution is -2.34. The third-order valence-electron chi connectivity index (χ3n) is 4.97. The second kappa shape index (κ2) is 12.3. The van der Waals surface area contributed by atoms with E-state index in [1.807, 2.05) is 20.8 Å². The van der Waals surface area contributed by atoms with E-state index in [0.29, 0.717) is 11.4 Å². The van der Waals surface area contributed by atoms with Gasteiger partial charge < -0.3 is 15.1 Å². The van der Waals surface area contributed by atoms with Crippen molar-refractivity contribution in [1.29, 1.82) is 0 Å². The smallest absolute Gasteiger partial charge is 0.407 e. The first-order valence-electron chi connectivity index (χ1n) is 10.6. The molecule has 0 aliphatic heterocycles. The van der Waals surface area contributed by atoms with Crippen LogP contribution in [-0.4, -0.2) is 52.9 Å². The molecule has 11 heteroatoms. The largest absolute Gasteiger partial charge is 0.505 e. The molecule has 2 rings (SSSR count). The van der Waals surface area contributed by atoms with Crippen LogP contribution in [-0.2, 0) is 23.1 Å². The maximum absolute atomic E-state index is 13.5. The van der Waals surface area contributed by atoms with E-state index in [9.17, 15) is 23.4 Å². The molecule has 1 atom stereocenters. The summed E-state index contributed by atoms with van der Waals surface area (Å²) in [6.07, 6.45) is -1.06. The Hall–Kier alpha value is -1.71. The molecule has 2 aromatic rings. The molecule has 2 aromatic carbocycles. The zero-order valence-electron chi connectivity index (χ0n) is 19.2. The van der Waals surface area contributed by atoms with Crippen molar-refractivity contribution in [3.8, 4) is 5.75 Å². The molecule has 188 valence electrons. The molecular weight excluding hydrogens is 523 g/mol. The molecule has 0 aliphatic carbocycles. The van der Waals surface area contributed by atoms with Crippen molar-refractivity contribution in [3.05, 3.63) is 57.6 Å². The zero-order valence-corrected chi connectivity index (χ0v) is 22.3. The van der Waals surface area contributed by atoms with Crippen LogP contribution in [0.5, 0.6) is 5.75 Å². The average Bonchev–Trinajstić information content (AvgIpc) is 2.75. The Morgan fingerprint density at radius 3 is 2.21 bits per heavy atom. The molecule has 0 aromatic heterocycles. The Labute approximate surface area is 215 Å². The normalized spacial score (nSPS) is 12.8. The molecule has 1 unspecified atom stereocenters. The number of carboxylic acid groups (broad SMARTS) is 1. The summed E-state index contributed by atoms with van der Waals surface area (Å²) in [7, 11) is -4.14. The highest BCUT2D eigenvalue weighted by molar-refractivity contribution is 7.89. The molecule has 0 heterocycles. The van der Waals surface area contributed by atoms with Crippen molar-refractivity contribution in [2.75, 3.05) is 19.0 Å².